The summed E-state index contributed by atoms with van der Waals surface area (Å²) in [6.07, 6.45) is -2.48. The second-order valence-electron chi connectivity index (χ2n) is 7.70. The van der Waals surface area contributed by atoms with E-state index in [-0.39, 0.29) is 0 Å². The predicted molar refractivity (Wildman–Crippen MR) is 113 cm³/mol. The van der Waals surface area contributed by atoms with Crippen molar-refractivity contribution in [1.82, 2.24) is 16.0 Å². The number of primary amides is 1. The Labute approximate surface area is 190 Å². The van der Waals surface area contributed by atoms with Crippen LogP contribution in [-0.2, 0) is 28.8 Å². The number of nitrogens with one attached hydrogen (secondary N) is 3. The molecule has 6 atom stereocenters. The molecule has 0 fully saturated rings. The van der Waals surface area contributed by atoms with Crippen LogP contribution in [-0.4, -0.2) is 81.2 Å². The van der Waals surface area contributed by atoms with Gasteiger partial charge in [0.05, 0.1) is 12.5 Å². The fourth-order valence-corrected chi connectivity index (χ4v) is 2.64. The SMILES string of the molecule is CCC(C)C(NC(=O)C(CCC(=O)O)NC(=O)C(CC(N)=O)NC(=O)C(N)C(C)O)C(=O)O. The minimum atomic E-state index is -1.58. The van der Waals surface area contributed by atoms with Crippen LogP contribution in [0.1, 0.15) is 46.5 Å². The van der Waals surface area contributed by atoms with Crippen LogP contribution in [0.3, 0.4) is 0 Å². The molecule has 0 rings (SSSR count). The monoisotopic (exact) mass is 475 g/mol. The van der Waals surface area contributed by atoms with Crippen molar-refractivity contribution < 1.29 is 44.1 Å². The smallest absolute Gasteiger partial charge is 0.326 e. The lowest BCUT2D eigenvalue weighted by molar-refractivity contribution is -0.144. The molecule has 0 aliphatic heterocycles. The molecule has 14 nitrogen and oxygen atoms in total. The van der Waals surface area contributed by atoms with Crippen molar-refractivity contribution in [3.05, 3.63) is 0 Å². The third-order valence-corrected chi connectivity index (χ3v) is 4.92. The maximum absolute atomic E-state index is 12.7. The lowest BCUT2D eigenvalue weighted by atomic mass is 9.98. The van der Waals surface area contributed by atoms with Crippen molar-refractivity contribution in [2.45, 2.75) is 76.7 Å². The Morgan fingerprint density at radius 2 is 1.39 bits per heavy atom. The molecule has 0 aliphatic carbocycles. The molecule has 14 heteroatoms. The minimum absolute atomic E-state index is 0.399. The van der Waals surface area contributed by atoms with E-state index in [0.717, 1.165) is 0 Å². The van der Waals surface area contributed by atoms with E-state index in [1.165, 1.54) is 6.92 Å². The first-order valence-corrected chi connectivity index (χ1v) is 10.3. The Morgan fingerprint density at radius 3 is 1.82 bits per heavy atom. The number of carbonyl (C=O) groups is 6. The first-order valence-electron chi connectivity index (χ1n) is 10.3. The van der Waals surface area contributed by atoms with Crippen molar-refractivity contribution >= 4 is 35.6 Å². The molecule has 0 aromatic heterocycles. The average molecular weight is 475 g/mol. The van der Waals surface area contributed by atoms with Crippen LogP contribution in [0.15, 0.2) is 0 Å². The van der Waals surface area contributed by atoms with E-state index in [1.54, 1.807) is 13.8 Å². The Balaban J connectivity index is 5.66. The largest absolute Gasteiger partial charge is 0.481 e. The predicted octanol–water partition coefficient (Wildman–Crippen LogP) is -2.98. The van der Waals surface area contributed by atoms with Gasteiger partial charge in [0.25, 0.3) is 0 Å². The Kier molecular flexibility index (Phi) is 12.6. The van der Waals surface area contributed by atoms with Gasteiger partial charge in [0.15, 0.2) is 0 Å². The Bertz CT molecular complexity index is 743. The van der Waals surface area contributed by atoms with Crippen molar-refractivity contribution in [3.63, 3.8) is 0 Å². The molecule has 0 bridgehead atoms. The molecule has 0 radical (unpaired) electrons. The summed E-state index contributed by atoms with van der Waals surface area (Å²) < 4.78 is 0. The maximum atomic E-state index is 12.7. The molecular weight excluding hydrogens is 442 g/mol. The highest BCUT2D eigenvalue weighted by Gasteiger charge is 2.33. The fraction of sp³-hybridized carbons (Fsp3) is 0.684. The summed E-state index contributed by atoms with van der Waals surface area (Å²) in [7, 11) is 0. The van der Waals surface area contributed by atoms with Crippen molar-refractivity contribution in [1.29, 1.82) is 0 Å². The molecule has 0 saturated carbocycles. The van der Waals surface area contributed by atoms with Crippen LogP contribution in [0.25, 0.3) is 0 Å². The van der Waals surface area contributed by atoms with E-state index >= 15 is 0 Å². The highest BCUT2D eigenvalue weighted by molar-refractivity contribution is 5.96. The molecule has 188 valence electrons. The van der Waals surface area contributed by atoms with Crippen molar-refractivity contribution in [2.75, 3.05) is 0 Å². The minimum Gasteiger partial charge on any atom is -0.481 e. The summed E-state index contributed by atoms with van der Waals surface area (Å²) in [5.74, 6) is -7.01. The normalized spacial score (nSPS) is 16.3. The first kappa shape index (κ1) is 29.7. The van der Waals surface area contributed by atoms with Gasteiger partial charge in [-0.05, 0) is 19.3 Å². The molecule has 10 N–H and O–H groups in total. The topological polar surface area (TPSA) is 251 Å². The van der Waals surface area contributed by atoms with Gasteiger partial charge in [0.1, 0.15) is 24.2 Å². The molecule has 0 spiro atoms. The molecule has 0 aromatic rings. The summed E-state index contributed by atoms with van der Waals surface area (Å²) in [6, 6.07) is -5.79. The molecule has 0 saturated heterocycles. The summed E-state index contributed by atoms with van der Waals surface area (Å²) in [6.45, 7) is 4.54. The lowest BCUT2D eigenvalue weighted by Crippen LogP contribution is -2.59. The Hall–Kier alpha value is -3.26. The lowest BCUT2D eigenvalue weighted by Gasteiger charge is -2.26. The van der Waals surface area contributed by atoms with Crippen LogP contribution in [0.4, 0.5) is 0 Å². The van der Waals surface area contributed by atoms with E-state index in [1.807, 2.05) is 0 Å². The van der Waals surface area contributed by atoms with Crippen LogP contribution < -0.4 is 27.4 Å². The van der Waals surface area contributed by atoms with Crippen LogP contribution >= 0.6 is 0 Å². The van der Waals surface area contributed by atoms with Crippen LogP contribution in [0.5, 0.6) is 0 Å². The number of aliphatic carboxylic acids is 2. The zero-order chi connectivity index (χ0) is 25.9. The molecule has 4 amide bonds. The van der Waals surface area contributed by atoms with E-state index in [0.29, 0.717) is 6.42 Å². The summed E-state index contributed by atoms with van der Waals surface area (Å²) in [4.78, 5) is 71.3. The average Bonchev–Trinajstić information content (AvgIpc) is 2.71. The summed E-state index contributed by atoms with van der Waals surface area (Å²) >= 11 is 0. The van der Waals surface area contributed by atoms with Gasteiger partial charge in [0.2, 0.25) is 23.6 Å². The van der Waals surface area contributed by atoms with E-state index in [4.69, 9.17) is 16.6 Å². The summed E-state index contributed by atoms with van der Waals surface area (Å²) in [5.41, 5.74) is 10.6. The summed E-state index contributed by atoms with van der Waals surface area (Å²) in [5, 5.41) is 34.4. The van der Waals surface area contributed by atoms with E-state index < -0.39 is 91.0 Å². The number of carboxylic acids is 2. The zero-order valence-electron chi connectivity index (χ0n) is 18.7. The van der Waals surface area contributed by atoms with Gasteiger partial charge in [-0.15, -0.1) is 0 Å². The number of carbonyl (C=O) groups excluding carboxylic acids is 4. The van der Waals surface area contributed by atoms with Gasteiger partial charge in [-0.25, -0.2) is 4.79 Å². The van der Waals surface area contributed by atoms with Crippen LogP contribution in [0.2, 0.25) is 0 Å². The van der Waals surface area contributed by atoms with Crippen molar-refractivity contribution in [3.8, 4) is 0 Å². The molecule has 6 unspecified atom stereocenters. The molecular formula is C19H33N5O9. The quantitative estimate of drug-likeness (QED) is 0.119. The van der Waals surface area contributed by atoms with Gasteiger partial charge in [-0.3, -0.25) is 24.0 Å². The third kappa shape index (κ3) is 10.7. The van der Waals surface area contributed by atoms with E-state index in [9.17, 15) is 39.0 Å². The standard InChI is InChI=1S/C19H33N5O9/c1-4-8(2)15(19(32)33)24-16(29)10(5-6-13(27)28)22-17(30)11(7-12(20)26)23-18(31)14(21)9(3)25/h8-11,14-15,25H,4-7,21H2,1-3H3,(H2,20,26)(H,22,30)(H,23,31)(H,24,29)(H,27,28)(H,32,33). The number of rotatable bonds is 15. The van der Waals surface area contributed by atoms with Crippen molar-refractivity contribution in [2.24, 2.45) is 17.4 Å². The molecule has 0 heterocycles. The zero-order valence-corrected chi connectivity index (χ0v) is 18.7. The van der Waals surface area contributed by atoms with Gasteiger partial charge in [0, 0.05) is 6.42 Å². The maximum Gasteiger partial charge on any atom is 0.326 e. The number of aliphatic hydroxyl groups is 1. The number of carboxylic acid groups (broad SMARTS) is 2. The number of nitrogens with two attached hydrogens (primary N) is 2. The van der Waals surface area contributed by atoms with Crippen LogP contribution in [0, 0.1) is 5.92 Å². The van der Waals surface area contributed by atoms with Gasteiger partial charge < -0.3 is 42.7 Å². The second kappa shape index (κ2) is 14.0. The highest BCUT2D eigenvalue weighted by atomic mass is 16.4. The molecule has 0 aliphatic rings. The molecule has 33 heavy (non-hydrogen) atoms. The van der Waals surface area contributed by atoms with Gasteiger partial charge in [-0.2, -0.15) is 0 Å². The fourth-order valence-electron chi connectivity index (χ4n) is 2.64. The number of aliphatic hydroxyl groups excluding tert-OH is 1. The highest BCUT2D eigenvalue weighted by Crippen LogP contribution is 2.09. The third-order valence-electron chi connectivity index (χ3n) is 4.92. The van der Waals surface area contributed by atoms with Gasteiger partial charge in [-0.1, -0.05) is 20.3 Å². The Morgan fingerprint density at radius 1 is 0.879 bits per heavy atom. The first-order chi connectivity index (χ1) is 15.2. The molecule has 0 aromatic carbocycles. The number of hydrogen-bond donors (Lipinski definition) is 8. The van der Waals surface area contributed by atoms with E-state index in [2.05, 4.69) is 16.0 Å². The second-order valence-corrected chi connectivity index (χ2v) is 7.70. The van der Waals surface area contributed by atoms with Gasteiger partial charge >= 0.3 is 11.9 Å². The number of amides is 4. The number of hydrogen-bond acceptors (Lipinski definition) is 8.